The number of nitrogens with zero attached hydrogens (tertiary/aromatic N) is 2. The van der Waals surface area contributed by atoms with Gasteiger partial charge in [0.1, 0.15) is 11.4 Å². The Bertz CT molecular complexity index is 1190. The van der Waals surface area contributed by atoms with E-state index in [1.165, 1.54) is 7.11 Å². The maximum atomic E-state index is 13.1. The van der Waals surface area contributed by atoms with Gasteiger partial charge < -0.3 is 10.1 Å². The molecule has 0 atom stereocenters. The summed E-state index contributed by atoms with van der Waals surface area (Å²) in [6.07, 6.45) is 0. The Morgan fingerprint density at radius 3 is 2.37 bits per heavy atom. The van der Waals surface area contributed by atoms with Gasteiger partial charge in [-0.2, -0.15) is 5.10 Å². The largest absolute Gasteiger partial charge is 0.495 e. The topological polar surface area (TPSA) is 56.1 Å². The van der Waals surface area contributed by atoms with Crippen molar-refractivity contribution in [1.82, 2.24) is 9.78 Å². The number of benzene rings is 3. The van der Waals surface area contributed by atoms with Gasteiger partial charge in [-0.15, -0.1) is 0 Å². The molecule has 0 aliphatic carbocycles. The number of anilines is 1. The fourth-order valence-electron chi connectivity index (χ4n) is 3.01. The average molecular weight is 438 g/mol. The Hall–Kier alpha value is -3.28. The number of hydrogen-bond acceptors (Lipinski definition) is 3. The first-order valence-electron chi connectivity index (χ1n) is 9.11. The van der Waals surface area contributed by atoms with Crippen molar-refractivity contribution in [3.63, 3.8) is 0 Å². The SMILES string of the molecule is COc1ccc(NC(=O)c2cc(-c3ccc(Cl)cc3)nn2-c2ccccc2)cc1Cl. The second kappa shape index (κ2) is 8.61. The number of hydrogen-bond donors (Lipinski definition) is 1. The Balaban J connectivity index is 1.72. The first-order chi connectivity index (χ1) is 14.5. The van der Waals surface area contributed by atoms with Gasteiger partial charge in [-0.1, -0.05) is 53.5 Å². The van der Waals surface area contributed by atoms with Crippen LogP contribution in [0.15, 0.2) is 78.9 Å². The Morgan fingerprint density at radius 2 is 1.70 bits per heavy atom. The van der Waals surface area contributed by atoms with Gasteiger partial charge in [0.05, 0.1) is 23.5 Å². The number of ether oxygens (including phenoxy) is 1. The first-order valence-corrected chi connectivity index (χ1v) is 9.87. The van der Waals surface area contributed by atoms with Crippen LogP contribution in [0.3, 0.4) is 0 Å². The Kier molecular flexibility index (Phi) is 5.74. The Labute approximate surface area is 183 Å². The summed E-state index contributed by atoms with van der Waals surface area (Å²) in [7, 11) is 1.54. The molecule has 1 amide bonds. The molecular weight excluding hydrogens is 421 g/mol. The summed E-state index contributed by atoms with van der Waals surface area (Å²) in [5.41, 5.74) is 3.23. The minimum atomic E-state index is -0.312. The maximum absolute atomic E-state index is 13.1. The van der Waals surface area contributed by atoms with Crippen molar-refractivity contribution >= 4 is 34.8 Å². The van der Waals surface area contributed by atoms with Crippen molar-refractivity contribution in [3.8, 4) is 22.7 Å². The molecule has 5 nitrogen and oxygen atoms in total. The van der Waals surface area contributed by atoms with Crippen LogP contribution in [0.25, 0.3) is 16.9 Å². The number of carbonyl (C=O) groups is 1. The van der Waals surface area contributed by atoms with Crippen molar-refractivity contribution in [2.75, 3.05) is 12.4 Å². The summed E-state index contributed by atoms with van der Waals surface area (Å²) in [6.45, 7) is 0. The molecule has 0 spiro atoms. The third-order valence-electron chi connectivity index (χ3n) is 4.49. The molecule has 7 heteroatoms. The quantitative estimate of drug-likeness (QED) is 0.409. The molecule has 1 N–H and O–H groups in total. The minimum Gasteiger partial charge on any atom is -0.495 e. The average Bonchev–Trinajstić information content (AvgIpc) is 3.21. The molecule has 3 aromatic carbocycles. The van der Waals surface area contributed by atoms with Gasteiger partial charge in [0.25, 0.3) is 5.91 Å². The van der Waals surface area contributed by atoms with Crippen LogP contribution < -0.4 is 10.1 Å². The van der Waals surface area contributed by atoms with E-state index in [0.717, 1.165) is 11.3 Å². The van der Waals surface area contributed by atoms with Crippen LogP contribution in [0.5, 0.6) is 5.75 Å². The van der Waals surface area contributed by atoms with Gasteiger partial charge in [-0.3, -0.25) is 4.79 Å². The van der Waals surface area contributed by atoms with E-state index in [4.69, 9.17) is 27.9 Å². The molecule has 0 unspecified atom stereocenters. The number of nitrogens with one attached hydrogen (secondary N) is 1. The molecule has 0 fully saturated rings. The van der Waals surface area contributed by atoms with Crippen LogP contribution in [0.1, 0.15) is 10.5 Å². The lowest BCUT2D eigenvalue weighted by Gasteiger charge is -2.10. The summed E-state index contributed by atoms with van der Waals surface area (Å²) < 4.78 is 6.77. The van der Waals surface area contributed by atoms with E-state index in [9.17, 15) is 4.79 Å². The summed E-state index contributed by atoms with van der Waals surface area (Å²) in [4.78, 5) is 13.1. The fraction of sp³-hybridized carbons (Fsp3) is 0.0435. The Morgan fingerprint density at radius 1 is 0.967 bits per heavy atom. The smallest absolute Gasteiger partial charge is 0.274 e. The van der Waals surface area contributed by atoms with E-state index >= 15 is 0 Å². The van der Waals surface area contributed by atoms with E-state index in [1.807, 2.05) is 42.5 Å². The number of amides is 1. The molecule has 0 saturated heterocycles. The highest BCUT2D eigenvalue weighted by molar-refractivity contribution is 6.32. The van der Waals surface area contributed by atoms with Gasteiger partial charge >= 0.3 is 0 Å². The highest BCUT2D eigenvalue weighted by Gasteiger charge is 2.18. The van der Waals surface area contributed by atoms with E-state index in [-0.39, 0.29) is 5.91 Å². The maximum Gasteiger partial charge on any atom is 0.274 e. The van der Waals surface area contributed by atoms with Gasteiger partial charge in [0, 0.05) is 16.3 Å². The van der Waals surface area contributed by atoms with Crippen LogP contribution in [-0.4, -0.2) is 22.8 Å². The van der Waals surface area contributed by atoms with Crippen LogP contribution in [0.2, 0.25) is 10.0 Å². The predicted octanol–water partition coefficient (Wildman–Crippen LogP) is 6.11. The van der Waals surface area contributed by atoms with Crippen LogP contribution in [0.4, 0.5) is 5.69 Å². The van der Waals surface area contributed by atoms with E-state index in [2.05, 4.69) is 10.4 Å². The summed E-state index contributed by atoms with van der Waals surface area (Å²) in [6, 6.07) is 23.6. The number of aromatic nitrogens is 2. The second-order valence-corrected chi connectivity index (χ2v) is 7.32. The van der Waals surface area contributed by atoms with E-state index < -0.39 is 0 Å². The second-order valence-electron chi connectivity index (χ2n) is 6.47. The fourth-order valence-corrected chi connectivity index (χ4v) is 3.39. The molecule has 0 radical (unpaired) electrons. The van der Waals surface area contributed by atoms with Crippen LogP contribution in [0, 0.1) is 0 Å². The number of carbonyl (C=O) groups excluding carboxylic acids is 1. The first kappa shape index (κ1) is 20.0. The van der Waals surface area contributed by atoms with E-state index in [1.54, 1.807) is 41.1 Å². The zero-order valence-corrected chi connectivity index (χ0v) is 17.5. The lowest BCUT2D eigenvalue weighted by atomic mass is 10.1. The van der Waals surface area contributed by atoms with Gasteiger partial charge in [-0.25, -0.2) is 4.68 Å². The lowest BCUT2D eigenvalue weighted by Crippen LogP contribution is -2.17. The normalized spacial score (nSPS) is 10.6. The van der Waals surface area contributed by atoms with Gasteiger partial charge in [-0.05, 0) is 48.5 Å². The molecule has 4 aromatic rings. The van der Waals surface area contributed by atoms with Crippen molar-refractivity contribution < 1.29 is 9.53 Å². The summed E-state index contributed by atoms with van der Waals surface area (Å²) in [5, 5.41) is 8.57. The molecule has 30 heavy (non-hydrogen) atoms. The number of rotatable bonds is 5. The molecule has 0 saturated carbocycles. The van der Waals surface area contributed by atoms with E-state index in [0.29, 0.717) is 32.9 Å². The third kappa shape index (κ3) is 4.17. The zero-order valence-electron chi connectivity index (χ0n) is 16.0. The predicted molar refractivity (Wildman–Crippen MR) is 120 cm³/mol. The van der Waals surface area contributed by atoms with Crippen molar-refractivity contribution in [1.29, 1.82) is 0 Å². The zero-order chi connectivity index (χ0) is 21.1. The van der Waals surface area contributed by atoms with Crippen molar-refractivity contribution in [3.05, 3.63) is 94.6 Å². The van der Waals surface area contributed by atoms with Crippen LogP contribution in [-0.2, 0) is 0 Å². The number of para-hydroxylation sites is 1. The molecule has 0 aliphatic rings. The molecule has 0 bridgehead atoms. The number of halogens is 2. The molecular formula is C23H17Cl2N3O2. The molecule has 1 heterocycles. The molecule has 4 rings (SSSR count). The highest BCUT2D eigenvalue weighted by Crippen LogP contribution is 2.28. The monoisotopic (exact) mass is 437 g/mol. The standard InChI is InChI=1S/C23H17Cl2N3O2/c1-30-22-12-11-17(13-19(22)25)26-23(29)21-14-20(15-7-9-16(24)10-8-15)27-28(21)18-5-3-2-4-6-18/h2-14H,1H3,(H,26,29). The molecule has 1 aromatic heterocycles. The highest BCUT2D eigenvalue weighted by atomic mass is 35.5. The van der Waals surface area contributed by atoms with Gasteiger partial charge in [0.2, 0.25) is 0 Å². The number of methoxy groups -OCH3 is 1. The summed E-state index contributed by atoms with van der Waals surface area (Å²) in [5.74, 6) is 0.224. The molecule has 0 aliphatic heterocycles. The van der Waals surface area contributed by atoms with Gasteiger partial charge in [0.15, 0.2) is 0 Å². The summed E-state index contributed by atoms with van der Waals surface area (Å²) >= 11 is 12.2. The molecule has 150 valence electrons. The third-order valence-corrected chi connectivity index (χ3v) is 5.04. The van der Waals surface area contributed by atoms with Crippen molar-refractivity contribution in [2.24, 2.45) is 0 Å². The van der Waals surface area contributed by atoms with Crippen LogP contribution >= 0.6 is 23.2 Å². The lowest BCUT2D eigenvalue weighted by molar-refractivity contribution is 0.101. The van der Waals surface area contributed by atoms with Crippen molar-refractivity contribution in [2.45, 2.75) is 0 Å². The minimum absolute atomic E-state index is 0.312.